The number of aryl methyl sites for hydroxylation is 3. The Balaban J connectivity index is 2.18. The second-order valence-corrected chi connectivity index (χ2v) is 9.27. The number of carbonyl (C=O) groups excluding carboxylic acids is 1. The summed E-state index contributed by atoms with van der Waals surface area (Å²) in [6.45, 7) is 6.11. The van der Waals surface area contributed by atoms with E-state index in [-0.39, 0.29) is 16.3 Å². The average Bonchev–Trinajstić information content (AvgIpc) is 2.73. The van der Waals surface area contributed by atoms with Crippen LogP contribution in [0.25, 0.3) is 10.9 Å². The molecule has 31 heavy (non-hydrogen) atoms. The maximum atomic E-state index is 13.2. The average molecular weight is 442 g/mol. The Bertz CT molecular complexity index is 1310. The van der Waals surface area contributed by atoms with Crippen molar-refractivity contribution in [2.75, 3.05) is 11.3 Å². The fraction of sp³-hybridized carbons (Fsp3) is 0.304. The Labute approximate surface area is 182 Å². The molecule has 3 aromatic rings. The van der Waals surface area contributed by atoms with Gasteiger partial charge >= 0.3 is 0 Å². The summed E-state index contributed by atoms with van der Waals surface area (Å²) in [6.07, 6.45) is 1.63. The zero-order chi connectivity index (χ0) is 22.8. The Morgan fingerprint density at radius 1 is 1.06 bits per heavy atom. The fourth-order valence-electron chi connectivity index (χ4n) is 3.35. The number of benzene rings is 2. The quantitative estimate of drug-likeness (QED) is 0.549. The van der Waals surface area contributed by atoms with Crippen LogP contribution in [0.4, 0.5) is 5.82 Å². The number of fused-ring (bicyclic) bond motifs is 1. The van der Waals surface area contributed by atoms with Gasteiger partial charge in [-0.05, 0) is 55.7 Å². The van der Waals surface area contributed by atoms with Crippen LogP contribution in [0, 0.1) is 13.8 Å². The number of nitrogens with zero attached hydrogens (tertiary/aromatic N) is 1. The van der Waals surface area contributed by atoms with Crippen LogP contribution >= 0.6 is 0 Å². The number of amides is 1. The minimum atomic E-state index is -4.03. The van der Waals surface area contributed by atoms with Gasteiger partial charge in [-0.2, -0.15) is 0 Å². The smallest absolute Gasteiger partial charge is 0.263 e. The summed E-state index contributed by atoms with van der Waals surface area (Å²) in [7, 11) is -2.40. The van der Waals surface area contributed by atoms with Crippen LogP contribution in [0.2, 0.25) is 0 Å². The van der Waals surface area contributed by atoms with Crippen molar-refractivity contribution in [3.05, 3.63) is 69.4 Å². The van der Waals surface area contributed by atoms with Gasteiger partial charge in [0.1, 0.15) is 11.4 Å². The van der Waals surface area contributed by atoms with Crippen molar-refractivity contribution >= 4 is 32.7 Å². The first-order valence-corrected chi connectivity index (χ1v) is 11.7. The van der Waals surface area contributed by atoms with Crippen LogP contribution in [0.3, 0.4) is 0 Å². The van der Waals surface area contributed by atoms with E-state index in [1.54, 1.807) is 43.4 Å². The van der Waals surface area contributed by atoms with Crippen LogP contribution < -0.4 is 15.5 Å². The third-order valence-electron chi connectivity index (χ3n) is 5.37. The third-order valence-corrected chi connectivity index (χ3v) is 6.71. The van der Waals surface area contributed by atoms with Crippen molar-refractivity contribution in [3.8, 4) is 0 Å². The Hall–Kier alpha value is -3.13. The number of aromatic nitrogens is 1. The molecule has 0 aliphatic heterocycles. The Morgan fingerprint density at radius 2 is 1.77 bits per heavy atom. The standard InChI is InChI=1S/C23H27N3O4S/c1-5-6-13-24-23(28)20-21(27)18-9-7-8-10-19(18)26(4)22(20)25-31(29,30)17-12-11-15(2)16(3)14-17/h7-12,14,25H,5-6,13H2,1-4H3,(H,24,28). The van der Waals surface area contributed by atoms with Crippen LogP contribution in [0.1, 0.15) is 41.3 Å². The van der Waals surface area contributed by atoms with Crippen molar-refractivity contribution in [1.82, 2.24) is 9.88 Å². The summed E-state index contributed by atoms with van der Waals surface area (Å²) in [5, 5.41) is 3.08. The third kappa shape index (κ3) is 4.49. The lowest BCUT2D eigenvalue weighted by atomic mass is 10.1. The molecular weight excluding hydrogens is 414 g/mol. The number of pyridine rings is 1. The largest absolute Gasteiger partial charge is 0.352 e. The first-order chi connectivity index (χ1) is 14.7. The normalized spacial score (nSPS) is 11.5. The van der Waals surface area contributed by atoms with Crippen molar-refractivity contribution in [2.45, 2.75) is 38.5 Å². The molecule has 2 aromatic carbocycles. The first-order valence-electron chi connectivity index (χ1n) is 10.2. The topological polar surface area (TPSA) is 97.3 Å². The monoisotopic (exact) mass is 441 g/mol. The van der Waals surface area contributed by atoms with Gasteiger partial charge in [-0.15, -0.1) is 0 Å². The number of sulfonamides is 1. The summed E-state index contributed by atoms with van der Waals surface area (Å²) in [5.41, 5.74) is 1.58. The molecule has 3 rings (SSSR count). The number of unbranched alkanes of at least 4 members (excludes halogenated alkanes) is 1. The first kappa shape index (κ1) is 22.6. The minimum absolute atomic E-state index is 0.0593. The van der Waals surface area contributed by atoms with Crippen molar-refractivity contribution in [1.29, 1.82) is 0 Å². The van der Waals surface area contributed by atoms with Gasteiger partial charge in [0.15, 0.2) is 0 Å². The lowest BCUT2D eigenvalue weighted by molar-refractivity contribution is 0.0952. The van der Waals surface area contributed by atoms with E-state index in [0.717, 1.165) is 24.0 Å². The highest BCUT2D eigenvalue weighted by molar-refractivity contribution is 7.92. The van der Waals surface area contributed by atoms with Gasteiger partial charge < -0.3 is 9.88 Å². The number of anilines is 1. The van der Waals surface area contributed by atoms with E-state index < -0.39 is 21.4 Å². The Kier molecular flexibility index (Phi) is 6.50. The van der Waals surface area contributed by atoms with Gasteiger partial charge in [0.05, 0.1) is 10.4 Å². The van der Waals surface area contributed by atoms with Crippen molar-refractivity contribution < 1.29 is 13.2 Å². The number of carbonyl (C=O) groups is 1. The van der Waals surface area contributed by atoms with Crippen molar-refractivity contribution in [3.63, 3.8) is 0 Å². The van der Waals surface area contributed by atoms with E-state index in [9.17, 15) is 18.0 Å². The van der Waals surface area contributed by atoms with E-state index in [1.165, 1.54) is 10.6 Å². The van der Waals surface area contributed by atoms with Crippen LogP contribution in [0.15, 0.2) is 52.2 Å². The van der Waals surface area contributed by atoms with Gasteiger partial charge in [0, 0.05) is 19.0 Å². The van der Waals surface area contributed by atoms with E-state index in [2.05, 4.69) is 10.0 Å². The number of rotatable bonds is 7. The van der Waals surface area contributed by atoms with Crippen LogP contribution in [0.5, 0.6) is 0 Å². The van der Waals surface area contributed by atoms with Crippen molar-refractivity contribution in [2.24, 2.45) is 7.05 Å². The van der Waals surface area contributed by atoms with Gasteiger partial charge in [0.25, 0.3) is 15.9 Å². The van der Waals surface area contributed by atoms with Gasteiger partial charge in [0.2, 0.25) is 5.43 Å². The molecule has 0 unspecified atom stereocenters. The molecule has 7 nitrogen and oxygen atoms in total. The maximum absolute atomic E-state index is 13.2. The number of para-hydroxylation sites is 1. The lowest BCUT2D eigenvalue weighted by Crippen LogP contribution is -2.33. The van der Waals surface area contributed by atoms with E-state index >= 15 is 0 Å². The van der Waals surface area contributed by atoms with Crippen LogP contribution in [-0.2, 0) is 17.1 Å². The molecule has 1 aromatic heterocycles. The zero-order valence-corrected chi connectivity index (χ0v) is 19.0. The number of hydrogen-bond donors (Lipinski definition) is 2. The summed E-state index contributed by atoms with van der Waals surface area (Å²) in [4.78, 5) is 26.2. The second-order valence-electron chi connectivity index (χ2n) is 7.59. The van der Waals surface area contributed by atoms with Gasteiger partial charge in [-0.1, -0.05) is 31.5 Å². The summed E-state index contributed by atoms with van der Waals surface area (Å²) in [6, 6.07) is 11.6. The molecule has 0 aliphatic rings. The molecule has 0 spiro atoms. The summed E-state index contributed by atoms with van der Waals surface area (Å²) < 4.78 is 30.3. The number of hydrogen-bond acceptors (Lipinski definition) is 4. The fourth-order valence-corrected chi connectivity index (χ4v) is 4.54. The highest BCUT2D eigenvalue weighted by Gasteiger charge is 2.25. The van der Waals surface area contributed by atoms with E-state index in [0.29, 0.717) is 17.4 Å². The van der Waals surface area contributed by atoms with E-state index in [4.69, 9.17) is 0 Å². The Morgan fingerprint density at radius 3 is 2.45 bits per heavy atom. The molecule has 1 amide bonds. The molecule has 0 radical (unpaired) electrons. The van der Waals surface area contributed by atoms with Crippen LogP contribution in [-0.4, -0.2) is 25.4 Å². The highest BCUT2D eigenvalue weighted by atomic mass is 32.2. The predicted octanol–water partition coefficient (Wildman–Crippen LogP) is 3.49. The highest BCUT2D eigenvalue weighted by Crippen LogP contribution is 2.24. The molecule has 164 valence electrons. The van der Waals surface area contributed by atoms with E-state index in [1.807, 2.05) is 20.8 Å². The summed E-state index contributed by atoms with van der Waals surface area (Å²) >= 11 is 0. The number of nitrogens with one attached hydrogen (secondary N) is 2. The lowest BCUT2D eigenvalue weighted by Gasteiger charge is -2.19. The van der Waals surface area contributed by atoms with Gasteiger partial charge in [-0.3, -0.25) is 14.3 Å². The molecule has 8 heteroatoms. The molecule has 0 saturated carbocycles. The molecule has 0 saturated heterocycles. The molecular formula is C23H27N3O4S. The minimum Gasteiger partial charge on any atom is -0.352 e. The molecule has 2 N–H and O–H groups in total. The molecule has 0 fully saturated rings. The van der Waals surface area contributed by atoms with Gasteiger partial charge in [-0.25, -0.2) is 8.42 Å². The predicted molar refractivity (Wildman–Crippen MR) is 123 cm³/mol. The zero-order valence-electron chi connectivity index (χ0n) is 18.2. The second kappa shape index (κ2) is 8.93. The maximum Gasteiger partial charge on any atom is 0.263 e. The molecule has 0 bridgehead atoms. The molecule has 0 aliphatic carbocycles. The molecule has 0 atom stereocenters. The summed E-state index contributed by atoms with van der Waals surface area (Å²) in [5.74, 6) is -0.659. The SMILES string of the molecule is CCCCNC(=O)c1c(NS(=O)(=O)c2ccc(C)c(C)c2)n(C)c2ccccc2c1=O. The molecule has 1 heterocycles.